The minimum absolute atomic E-state index is 0.0678. The minimum Gasteiger partial charge on any atom is -0.494 e. The molecule has 4 N–H and O–H groups in total. The SMILES string of the molecule is COc1c(Nc2cc(NC(=O)C3CC3)nnc2C(N)=O)cc(F)cc1-c1cc(P(C)(C)=O)n(C2CC2)n1. The highest BCUT2D eigenvalue weighted by Gasteiger charge is 2.32. The van der Waals surface area contributed by atoms with Crippen LogP contribution in [0.5, 0.6) is 5.75 Å². The Kier molecular flexibility index (Phi) is 6.23. The lowest BCUT2D eigenvalue weighted by atomic mass is 10.1. The second-order valence-corrected chi connectivity index (χ2v) is 12.9. The number of hydrogen-bond acceptors (Lipinski definition) is 8. The lowest BCUT2D eigenvalue weighted by Gasteiger charge is -2.16. The summed E-state index contributed by atoms with van der Waals surface area (Å²) >= 11 is 0. The third kappa shape index (κ3) is 5.20. The summed E-state index contributed by atoms with van der Waals surface area (Å²) < 4.78 is 35.2. The fourth-order valence-electron chi connectivity index (χ4n) is 4.05. The van der Waals surface area contributed by atoms with Gasteiger partial charge in [-0.25, -0.2) is 4.39 Å². The van der Waals surface area contributed by atoms with E-state index in [1.807, 2.05) is 0 Å². The van der Waals surface area contributed by atoms with Crippen LogP contribution in [-0.4, -0.2) is 52.2 Å². The first-order valence-corrected chi connectivity index (χ1v) is 14.4. The number of benzene rings is 1. The van der Waals surface area contributed by atoms with Crippen LogP contribution in [0.1, 0.15) is 42.2 Å². The van der Waals surface area contributed by atoms with E-state index in [2.05, 4.69) is 25.9 Å². The van der Waals surface area contributed by atoms with Gasteiger partial charge in [-0.1, -0.05) is 0 Å². The molecule has 2 heterocycles. The summed E-state index contributed by atoms with van der Waals surface area (Å²) in [7, 11) is -1.24. The minimum atomic E-state index is -2.66. The number of ether oxygens (including phenoxy) is 1. The van der Waals surface area contributed by atoms with Crippen LogP contribution in [0.2, 0.25) is 0 Å². The fourth-order valence-corrected chi connectivity index (χ4v) is 5.19. The number of amides is 2. The Hall–Kier alpha value is -3.79. The van der Waals surface area contributed by atoms with Crippen LogP contribution >= 0.6 is 7.14 Å². The molecule has 194 valence electrons. The average molecular weight is 527 g/mol. The van der Waals surface area contributed by atoms with E-state index >= 15 is 0 Å². The zero-order valence-corrected chi connectivity index (χ0v) is 21.5. The number of nitrogens with two attached hydrogens (primary N) is 1. The standard InChI is InChI=1S/C24H27FN7O4P/c1-36-22-15(16-11-20(37(2,3)35)32(31-16)14-6-7-14)8-13(25)9-18(22)27-17-10-19(28-24(34)12-4-5-12)29-30-21(17)23(26)33/h8-12,14H,4-7H2,1-3H3,(H2,26,33)(H2,27,28,29,34). The summed E-state index contributed by atoms with van der Waals surface area (Å²) in [6, 6.07) is 5.75. The summed E-state index contributed by atoms with van der Waals surface area (Å²) in [4.78, 5) is 24.2. The Morgan fingerprint density at radius 3 is 2.43 bits per heavy atom. The van der Waals surface area contributed by atoms with Gasteiger partial charge in [0.1, 0.15) is 13.0 Å². The van der Waals surface area contributed by atoms with Crippen molar-refractivity contribution in [2.45, 2.75) is 31.7 Å². The number of nitrogens with zero attached hydrogens (tertiary/aromatic N) is 4. The zero-order valence-electron chi connectivity index (χ0n) is 20.6. The highest BCUT2D eigenvalue weighted by Crippen LogP contribution is 2.44. The molecule has 0 saturated heterocycles. The molecule has 37 heavy (non-hydrogen) atoms. The van der Waals surface area contributed by atoms with E-state index in [1.165, 1.54) is 25.3 Å². The normalized spacial score (nSPS) is 15.4. The summed E-state index contributed by atoms with van der Waals surface area (Å²) in [5.41, 5.74) is 6.92. The second kappa shape index (κ2) is 9.26. The number of aromatic nitrogens is 4. The molecule has 11 nitrogen and oxygen atoms in total. The molecule has 0 aliphatic heterocycles. The predicted molar refractivity (Wildman–Crippen MR) is 137 cm³/mol. The number of primary amides is 1. The topological polar surface area (TPSA) is 154 Å². The van der Waals surface area contributed by atoms with Gasteiger partial charge >= 0.3 is 0 Å². The van der Waals surface area contributed by atoms with E-state index in [4.69, 9.17) is 10.5 Å². The number of rotatable bonds is 9. The molecule has 0 spiro atoms. The third-order valence-corrected chi connectivity index (χ3v) is 7.63. The molecule has 2 aliphatic carbocycles. The molecule has 1 aromatic carbocycles. The van der Waals surface area contributed by atoms with E-state index in [0.717, 1.165) is 25.7 Å². The Morgan fingerprint density at radius 1 is 1.11 bits per heavy atom. The summed E-state index contributed by atoms with van der Waals surface area (Å²) in [5.74, 6) is -1.35. The third-order valence-electron chi connectivity index (χ3n) is 6.19. The van der Waals surface area contributed by atoms with Gasteiger partial charge in [0, 0.05) is 23.6 Å². The number of carbonyl (C=O) groups is 2. The monoisotopic (exact) mass is 527 g/mol. The van der Waals surface area contributed by atoms with Crippen molar-refractivity contribution >= 4 is 41.6 Å². The van der Waals surface area contributed by atoms with Crippen molar-refractivity contribution in [2.24, 2.45) is 11.7 Å². The fraction of sp³-hybridized carbons (Fsp3) is 0.375. The van der Waals surface area contributed by atoms with Crippen LogP contribution < -0.4 is 26.5 Å². The highest BCUT2D eigenvalue weighted by molar-refractivity contribution is 7.69. The lowest BCUT2D eigenvalue weighted by Crippen LogP contribution is -2.19. The van der Waals surface area contributed by atoms with Gasteiger partial charge in [0.25, 0.3) is 5.91 Å². The van der Waals surface area contributed by atoms with Crippen LogP contribution in [0.3, 0.4) is 0 Å². The van der Waals surface area contributed by atoms with Crippen LogP contribution in [0, 0.1) is 11.7 Å². The van der Waals surface area contributed by atoms with Crippen LogP contribution in [-0.2, 0) is 9.36 Å². The average Bonchev–Trinajstić information content (AvgIpc) is 3.75. The Bertz CT molecular complexity index is 1460. The van der Waals surface area contributed by atoms with Crippen LogP contribution in [0.15, 0.2) is 24.3 Å². The van der Waals surface area contributed by atoms with Gasteiger partial charge in [0.2, 0.25) is 5.91 Å². The molecular weight excluding hydrogens is 500 g/mol. The molecule has 0 bridgehead atoms. The number of carbonyl (C=O) groups excluding carboxylic acids is 2. The van der Waals surface area contributed by atoms with Gasteiger partial charge in [0.15, 0.2) is 17.3 Å². The quantitative estimate of drug-likeness (QED) is 0.358. The number of anilines is 3. The molecule has 2 fully saturated rings. The molecule has 3 aromatic rings. The second-order valence-electron chi connectivity index (χ2n) is 9.69. The molecule has 13 heteroatoms. The first-order valence-electron chi connectivity index (χ1n) is 11.8. The highest BCUT2D eigenvalue weighted by atomic mass is 31.2. The maximum Gasteiger partial charge on any atom is 0.271 e. The molecule has 2 aromatic heterocycles. The lowest BCUT2D eigenvalue weighted by molar-refractivity contribution is -0.117. The van der Waals surface area contributed by atoms with Gasteiger partial charge in [-0.2, -0.15) is 5.10 Å². The first-order chi connectivity index (χ1) is 17.5. The van der Waals surface area contributed by atoms with E-state index in [-0.39, 0.29) is 46.5 Å². The van der Waals surface area contributed by atoms with E-state index in [1.54, 1.807) is 24.1 Å². The van der Waals surface area contributed by atoms with Crippen molar-refractivity contribution in [3.63, 3.8) is 0 Å². The van der Waals surface area contributed by atoms with E-state index in [9.17, 15) is 18.5 Å². The van der Waals surface area contributed by atoms with E-state index < -0.39 is 18.9 Å². The van der Waals surface area contributed by atoms with Crippen LogP contribution in [0.4, 0.5) is 21.6 Å². The summed E-state index contributed by atoms with van der Waals surface area (Å²) in [6.45, 7) is 3.34. The Labute approximate surface area is 212 Å². The number of nitrogens with one attached hydrogen (secondary N) is 2. The van der Waals surface area contributed by atoms with Gasteiger partial charge in [-0.3, -0.25) is 14.3 Å². The van der Waals surface area contributed by atoms with Gasteiger partial charge < -0.3 is 25.7 Å². The van der Waals surface area contributed by atoms with Crippen molar-refractivity contribution < 1.29 is 23.3 Å². The summed E-state index contributed by atoms with van der Waals surface area (Å²) in [6.07, 6.45) is 3.48. The molecule has 0 atom stereocenters. The number of hydrogen-bond donors (Lipinski definition) is 3. The molecule has 2 amide bonds. The predicted octanol–water partition coefficient (Wildman–Crippen LogP) is 3.26. The molecule has 2 saturated carbocycles. The van der Waals surface area contributed by atoms with Crippen LogP contribution in [0.25, 0.3) is 11.3 Å². The first kappa shape index (κ1) is 24.9. The van der Waals surface area contributed by atoms with Gasteiger partial charge in [0.05, 0.1) is 35.7 Å². The van der Waals surface area contributed by atoms with Gasteiger partial charge in [-0.15, -0.1) is 10.2 Å². The molecule has 0 radical (unpaired) electrons. The molecule has 5 rings (SSSR count). The zero-order chi connectivity index (χ0) is 26.5. The molecule has 2 aliphatic rings. The largest absolute Gasteiger partial charge is 0.494 e. The maximum atomic E-state index is 14.9. The van der Waals surface area contributed by atoms with Crippen molar-refractivity contribution in [3.8, 4) is 17.0 Å². The van der Waals surface area contributed by atoms with Crippen molar-refractivity contribution in [1.29, 1.82) is 0 Å². The van der Waals surface area contributed by atoms with Crippen molar-refractivity contribution in [1.82, 2.24) is 20.0 Å². The summed E-state index contributed by atoms with van der Waals surface area (Å²) in [5, 5.41) is 18.0. The van der Waals surface area contributed by atoms with Crippen molar-refractivity contribution in [2.75, 3.05) is 31.1 Å². The van der Waals surface area contributed by atoms with Crippen molar-refractivity contribution in [3.05, 3.63) is 35.8 Å². The molecule has 0 unspecified atom stereocenters. The Balaban J connectivity index is 1.56. The smallest absolute Gasteiger partial charge is 0.271 e. The van der Waals surface area contributed by atoms with Gasteiger partial charge in [-0.05, 0) is 51.1 Å². The van der Waals surface area contributed by atoms with E-state index in [0.29, 0.717) is 16.7 Å². The number of methoxy groups -OCH3 is 1. The number of halogens is 1. The maximum absolute atomic E-state index is 14.9. The molecular formula is C24H27FN7O4P. The Morgan fingerprint density at radius 2 is 1.84 bits per heavy atom.